The Morgan fingerprint density at radius 1 is 1.32 bits per heavy atom. The van der Waals surface area contributed by atoms with Crippen molar-refractivity contribution in [2.45, 2.75) is 37.4 Å². The molecule has 0 radical (unpaired) electrons. The van der Waals surface area contributed by atoms with Crippen LogP contribution in [0.4, 0.5) is 13.2 Å². The summed E-state index contributed by atoms with van der Waals surface area (Å²) in [5, 5.41) is 0. The van der Waals surface area contributed by atoms with Crippen LogP contribution in [0.1, 0.15) is 30.7 Å². The lowest BCUT2D eigenvalue weighted by Gasteiger charge is -2.37. The van der Waals surface area contributed by atoms with E-state index in [-0.39, 0.29) is 5.54 Å². The van der Waals surface area contributed by atoms with Gasteiger partial charge in [0.2, 0.25) is 0 Å². The van der Waals surface area contributed by atoms with E-state index < -0.39 is 11.7 Å². The molecule has 0 unspecified atom stereocenters. The summed E-state index contributed by atoms with van der Waals surface area (Å²) in [4.78, 5) is 7.24. The second-order valence-electron chi connectivity index (χ2n) is 5.31. The number of imidazole rings is 1. The maximum Gasteiger partial charge on any atom is 0.416 e. The molecule has 1 aromatic carbocycles. The Balaban J connectivity index is 1.92. The van der Waals surface area contributed by atoms with Gasteiger partial charge in [0.25, 0.3) is 0 Å². The Morgan fingerprint density at radius 2 is 2.05 bits per heavy atom. The maximum atomic E-state index is 12.6. The number of halogens is 3. The Bertz CT molecular complexity index is 611. The van der Waals surface area contributed by atoms with E-state index in [1.165, 1.54) is 6.07 Å². The van der Waals surface area contributed by atoms with Gasteiger partial charge in [0.05, 0.1) is 16.6 Å². The molecule has 1 aliphatic carbocycles. The largest absolute Gasteiger partial charge is 0.416 e. The third-order valence-corrected chi connectivity index (χ3v) is 3.73. The number of benzene rings is 1. The van der Waals surface area contributed by atoms with Crippen LogP contribution in [0.3, 0.4) is 0 Å². The van der Waals surface area contributed by atoms with Crippen LogP contribution in [0.25, 0.3) is 11.0 Å². The highest BCUT2D eigenvalue weighted by molar-refractivity contribution is 5.76. The van der Waals surface area contributed by atoms with Crippen LogP contribution in [-0.4, -0.2) is 15.5 Å². The maximum absolute atomic E-state index is 12.6. The first kappa shape index (κ1) is 12.5. The van der Waals surface area contributed by atoms with Gasteiger partial charge in [0, 0.05) is 12.0 Å². The van der Waals surface area contributed by atoms with Gasteiger partial charge in [-0.25, -0.2) is 4.98 Å². The van der Waals surface area contributed by atoms with Crippen molar-refractivity contribution in [2.75, 3.05) is 0 Å². The van der Waals surface area contributed by atoms with Crippen molar-refractivity contribution in [2.24, 2.45) is 5.73 Å². The van der Waals surface area contributed by atoms with Gasteiger partial charge in [-0.3, -0.25) is 0 Å². The minimum absolute atomic E-state index is 0.235. The molecule has 0 amide bonds. The van der Waals surface area contributed by atoms with Crippen molar-refractivity contribution in [3.8, 4) is 0 Å². The summed E-state index contributed by atoms with van der Waals surface area (Å²) in [6.45, 7) is 0. The van der Waals surface area contributed by atoms with Crippen molar-refractivity contribution in [3.63, 3.8) is 0 Å². The minimum atomic E-state index is -4.33. The van der Waals surface area contributed by atoms with E-state index in [4.69, 9.17) is 5.73 Å². The summed E-state index contributed by atoms with van der Waals surface area (Å²) < 4.78 is 37.8. The van der Waals surface area contributed by atoms with Crippen LogP contribution in [0.5, 0.6) is 0 Å². The molecule has 19 heavy (non-hydrogen) atoms. The zero-order valence-electron chi connectivity index (χ0n) is 10.2. The fourth-order valence-corrected chi connectivity index (χ4v) is 2.46. The fourth-order valence-electron chi connectivity index (χ4n) is 2.46. The van der Waals surface area contributed by atoms with Crippen LogP contribution in [0.2, 0.25) is 0 Å². The fraction of sp³-hybridized carbons (Fsp3) is 0.462. The number of aromatic nitrogens is 2. The molecule has 0 aliphatic heterocycles. The number of H-pyrrole nitrogens is 1. The normalized spacial score (nSPS) is 18.5. The molecular weight excluding hydrogens is 255 g/mol. The lowest BCUT2D eigenvalue weighted by Crippen LogP contribution is -2.48. The van der Waals surface area contributed by atoms with Gasteiger partial charge in [-0.2, -0.15) is 13.2 Å². The zero-order valence-corrected chi connectivity index (χ0v) is 10.2. The van der Waals surface area contributed by atoms with Gasteiger partial charge in [-0.1, -0.05) is 0 Å². The van der Waals surface area contributed by atoms with Crippen molar-refractivity contribution in [3.05, 3.63) is 29.6 Å². The van der Waals surface area contributed by atoms with E-state index in [9.17, 15) is 13.2 Å². The first-order chi connectivity index (χ1) is 8.86. The summed E-state index contributed by atoms with van der Waals surface area (Å²) in [5.74, 6) is 0.663. The van der Waals surface area contributed by atoms with Gasteiger partial charge in [0.1, 0.15) is 5.82 Å². The molecule has 3 N–H and O–H groups in total. The number of nitrogens with one attached hydrogen (secondary N) is 1. The molecule has 1 aliphatic rings. The molecule has 1 heterocycles. The molecule has 6 heteroatoms. The molecule has 1 saturated carbocycles. The molecule has 3 nitrogen and oxygen atoms in total. The molecule has 3 rings (SSSR count). The smallest absolute Gasteiger partial charge is 0.342 e. The third kappa shape index (κ3) is 2.32. The molecule has 0 saturated heterocycles. The average molecular weight is 269 g/mol. The monoisotopic (exact) mass is 269 g/mol. The Labute approximate surface area is 108 Å². The number of nitrogens with two attached hydrogens (primary N) is 1. The topological polar surface area (TPSA) is 54.7 Å². The summed E-state index contributed by atoms with van der Waals surface area (Å²) in [6.07, 6.45) is -0.754. The molecule has 0 bridgehead atoms. The number of nitrogens with zero attached hydrogens (tertiary/aromatic N) is 1. The lowest BCUT2D eigenvalue weighted by atomic mass is 9.75. The van der Waals surface area contributed by atoms with Crippen molar-refractivity contribution in [1.82, 2.24) is 9.97 Å². The first-order valence-corrected chi connectivity index (χ1v) is 6.21. The second-order valence-corrected chi connectivity index (χ2v) is 5.31. The van der Waals surface area contributed by atoms with Crippen molar-refractivity contribution < 1.29 is 13.2 Å². The lowest BCUT2D eigenvalue weighted by molar-refractivity contribution is -0.137. The number of alkyl halides is 3. The van der Waals surface area contributed by atoms with Crippen LogP contribution >= 0.6 is 0 Å². The highest BCUT2D eigenvalue weighted by Crippen LogP contribution is 2.33. The Hall–Kier alpha value is -1.56. The number of hydrogen-bond donors (Lipinski definition) is 2. The van der Waals surface area contributed by atoms with Crippen LogP contribution in [0.15, 0.2) is 18.2 Å². The molecule has 1 fully saturated rings. The predicted molar refractivity (Wildman–Crippen MR) is 65.6 cm³/mol. The second kappa shape index (κ2) is 3.96. The standard InChI is InChI=1S/C13H14F3N3/c14-13(15,16)8-2-3-9-10(6-8)19-11(18-9)7-12(17)4-1-5-12/h2-3,6H,1,4-5,7,17H2,(H,18,19). The van der Waals surface area contributed by atoms with Gasteiger partial charge in [-0.15, -0.1) is 0 Å². The third-order valence-electron chi connectivity index (χ3n) is 3.73. The number of fused-ring (bicyclic) bond motifs is 1. The van der Waals surface area contributed by atoms with E-state index in [1.54, 1.807) is 0 Å². The van der Waals surface area contributed by atoms with E-state index in [0.29, 0.717) is 23.3 Å². The highest BCUT2D eigenvalue weighted by Gasteiger charge is 2.34. The number of rotatable bonds is 2. The summed E-state index contributed by atoms with van der Waals surface area (Å²) >= 11 is 0. The van der Waals surface area contributed by atoms with E-state index in [1.807, 2.05) is 0 Å². The van der Waals surface area contributed by atoms with Crippen molar-refractivity contribution in [1.29, 1.82) is 0 Å². The number of hydrogen-bond acceptors (Lipinski definition) is 2. The minimum Gasteiger partial charge on any atom is -0.342 e. The summed E-state index contributed by atoms with van der Waals surface area (Å²) in [5.41, 5.74) is 6.17. The van der Waals surface area contributed by atoms with Gasteiger partial charge in [-0.05, 0) is 37.5 Å². The van der Waals surface area contributed by atoms with E-state index >= 15 is 0 Å². The molecular formula is C13H14F3N3. The van der Waals surface area contributed by atoms with Crippen LogP contribution in [0, 0.1) is 0 Å². The van der Waals surface area contributed by atoms with Crippen LogP contribution in [-0.2, 0) is 12.6 Å². The summed E-state index contributed by atoms with van der Waals surface area (Å²) in [6, 6.07) is 3.53. The molecule has 102 valence electrons. The molecule has 2 aromatic rings. The highest BCUT2D eigenvalue weighted by atomic mass is 19.4. The summed E-state index contributed by atoms with van der Waals surface area (Å²) in [7, 11) is 0. The van der Waals surface area contributed by atoms with Crippen molar-refractivity contribution >= 4 is 11.0 Å². The average Bonchev–Trinajstić information content (AvgIpc) is 2.66. The zero-order chi connectivity index (χ0) is 13.7. The quantitative estimate of drug-likeness (QED) is 0.880. The molecule has 0 spiro atoms. The predicted octanol–water partition coefficient (Wildman–Crippen LogP) is 3.01. The van der Waals surface area contributed by atoms with Gasteiger partial charge < -0.3 is 10.7 Å². The van der Waals surface area contributed by atoms with Gasteiger partial charge in [0.15, 0.2) is 0 Å². The Morgan fingerprint density at radius 3 is 2.63 bits per heavy atom. The van der Waals surface area contributed by atoms with Crippen LogP contribution < -0.4 is 5.73 Å². The van der Waals surface area contributed by atoms with E-state index in [2.05, 4.69) is 9.97 Å². The molecule has 0 atom stereocenters. The van der Waals surface area contributed by atoms with E-state index in [0.717, 1.165) is 31.4 Å². The first-order valence-electron chi connectivity index (χ1n) is 6.21. The number of aromatic amines is 1. The Kier molecular flexibility index (Phi) is 2.60. The van der Waals surface area contributed by atoms with Gasteiger partial charge >= 0.3 is 6.18 Å². The molecule has 1 aromatic heterocycles. The SMILES string of the molecule is NC1(Cc2nc3ccc(C(F)(F)F)cc3[nH]2)CCC1.